The van der Waals surface area contributed by atoms with E-state index in [0.29, 0.717) is 44.2 Å². The monoisotopic (exact) mass is 535 g/mol. The second-order valence-electron chi connectivity index (χ2n) is 6.94. The van der Waals surface area contributed by atoms with E-state index in [1.807, 2.05) is 18.7 Å². The van der Waals surface area contributed by atoms with Crippen LogP contribution in [0.1, 0.15) is 34.6 Å². The quantitative estimate of drug-likeness (QED) is 0.252. The number of rotatable bonds is 10. The molecule has 1 aliphatic rings. The number of halogens is 1. The molecule has 0 aromatic heterocycles. The molecule has 0 radical (unpaired) electrons. The van der Waals surface area contributed by atoms with Crippen LogP contribution >= 0.6 is 35.7 Å². The number of aliphatic imine (C=N–C) groups is 1. The Labute approximate surface area is 187 Å². The highest BCUT2D eigenvalue weighted by Crippen LogP contribution is 2.13. The summed E-state index contributed by atoms with van der Waals surface area (Å²) in [4.78, 5) is 6.99. The van der Waals surface area contributed by atoms with Gasteiger partial charge in [0.2, 0.25) is 10.0 Å². The number of hydrogen-bond donors (Lipinski definition) is 2. The van der Waals surface area contributed by atoms with Crippen LogP contribution < -0.4 is 10.6 Å². The van der Waals surface area contributed by atoms with Crippen LogP contribution in [0.3, 0.4) is 0 Å². The summed E-state index contributed by atoms with van der Waals surface area (Å²) in [6.07, 6.45) is 0. The number of sulfonamides is 1. The first-order valence-electron chi connectivity index (χ1n) is 9.61. The number of nitrogens with zero attached hydrogens (tertiary/aromatic N) is 3. The third-order valence-electron chi connectivity index (χ3n) is 4.31. The molecule has 1 saturated heterocycles. The first kappa shape index (κ1) is 27.2. The second-order valence-corrected chi connectivity index (χ2v) is 10.3. The minimum Gasteiger partial charge on any atom is -0.357 e. The molecule has 1 rings (SSSR count). The minimum atomic E-state index is -3.18. The van der Waals surface area contributed by atoms with Crippen molar-refractivity contribution in [1.82, 2.24) is 19.8 Å². The van der Waals surface area contributed by atoms with Gasteiger partial charge >= 0.3 is 0 Å². The lowest BCUT2D eigenvalue weighted by atomic mass is 10.2. The van der Waals surface area contributed by atoms with Crippen LogP contribution in [0.25, 0.3) is 0 Å². The number of thioether (sulfide) groups is 1. The number of guanidine groups is 1. The molecule has 0 spiro atoms. The molecule has 0 bridgehead atoms. The molecule has 1 aliphatic heterocycles. The van der Waals surface area contributed by atoms with E-state index in [0.717, 1.165) is 24.6 Å². The molecular weight excluding hydrogens is 497 g/mol. The van der Waals surface area contributed by atoms with Gasteiger partial charge in [-0.1, -0.05) is 0 Å². The largest absolute Gasteiger partial charge is 0.357 e. The van der Waals surface area contributed by atoms with Gasteiger partial charge in [-0.05, 0) is 34.6 Å². The third kappa shape index (κ3) is 10.5. The zero-order valence-electron chi connectivity index (χ0n) is 17.4. The Morgan fingerprint density at radius 1 is 1.15 bits per heavy atom. The van der Waals surface area contributed by atoms with Crippen LogP contribution in [0.15, 0.2) is 4.99 Å². The normalized spacial score (nSPS) is 16.7. The maximum Gasteiger partial charge on any atom is 0.215 e. The first-order valence-corrected chi connectivity index (χ1v) is 12.4. The van der Waals surface area contributed by atoms with Crippen LogP contribution in [-0.4, -0.2) is 92.2 Å². The van der Waals surface area contributed by atoms with E-state index in [4.69, 9.17) is 0 Å². The van der Waals surface area contributed by atoms with Crippen molar-refractivity contribution in [2.24, 2.45) is 4.99 Å². The number of nitrogens with one attached hydrogen (secondary N) is 2. The maximum absolute atomic E-state index is 12.4. The molecule has 1 fully saturated rings. The van der Waals surface area contributed by atoms with Crippen molar-refractivity contribution >= 4 is 51.7 Å². The molecular formula is C17H38IN5O2S2. The van der Waals surface area contributed by atoms with Crippen LogP contribution in [0.2, 0.25) is 0 Å². The first-order chi connectivity index (χ1) is 12.3. The molecule has 0 aromatic carbocycles. The fourth-order valence-electron chi connectivity index (χ4n) is 2.98. The van der Waals surface area contributed by atoms with Gasteiger partial charge in [0, 0.05) is 56.3 Å². The molecule has 0 aliphatic carbocycles. The van der Waals surface area contributed by atoms with Crippen molar-refractivity contribution in [3.8, 4) is 0 Å². The Morgan fingerprint density at radius 3 is 2.26 bits per heavy atom. The SMILES string of the molecule is CCNC(=NCCN(C(C)C)C(C)C)NCCS(=O)(=O)N1CCSCC1.I. The Kier molecular flexibility index (Phi) is 14.4. The summed E-state index contributed by atoms with van der Waals surface area (Å²) < 4.78 is 26.4. The highest BCUT2D eigenvalue weighted by molar-refractivity contribution is 14.0. The minimum absolute atomic E-state index is 0. The summed E-state index contributed by atoms with van der Waals surface area (Å²) >= 11 is 1.81. The second kappa shape index (κ2) is 14.2. The molecule has 0 amide bonds. The van der Waals surface area contributed by atoms with E-state index < -0.39 is 10.0 Å². The van der Waals surface area contributed by atoms with Crippen molar-refractivity contribution in [3.63, 3.8) is 0 Å². The molecule has 10 heteroatoms. The van der Waals surface area contributed by atoms with Gasteiger partial charge < -0.3 is 10.6 Å². The topological polar surface area (TPSA) is 77.0 Å². The van der Waals surface area contributed by atoms with Gasteiger partial charge in [0.05, 0.1) is 12.3 Å². The fourth-order valence-corrected chi connectivity index (χ4v) is 5.48. The van der Waals surface area contributed by atoms with Crippen LogP contribution in [0, 0.1) is 0 Å². The van der Waals surface area contributed by atoms with Gasteiger partial charge in [-0.15, -0.1) is 24.0 Å². The van der Waals surface area contributed by atoms with Gasteiger partial charge in [-0.25, -0.2) is 12.7 Å². The van der Waals surface area contributed by atoms with Crippen molar-refractivity contribution in [2.45, 2.75) is 46.7 Å². The highest BCUT2D eigenvalue weighted by Gasteiger charge is 2.23. The summed E-state index contributed by atoms with van der Waals surface area (Å²) in [5.74, 6) is 2.56. The predicted octanol–water partition coefficient (Wildman–Crippen LogP) is 1.66. The van der Waals surface area contributed by atoms with Gasteiger partial charge in [-0.3, -0.25) is 9.89 Å². The van der Waals surface area contributed by atoms with Crippen LogP contribution in [0.5, 0.6) is 0 Å². The van der Waals surface area contributed by atoms with E-state index in [1.54, 1.807) is 4.31 Å². The Morgan fingerprint density at radius 2 is 1.74 bits per heavy atom. The molecule has 162 valence electrons. The molecule has 2 N–H and O–H groups in total. The summed E-state index contributed by atoms with van der Waals surface area (Å²) in [6.45, 7) is 14.7. The van der Waals surface area contributed by atoms with Crippen molar-refractivity contribution in [1.29, 1.82) is 0 Å². The molecule has 0 saturated carbocycles. The lowest BCUT2D eigenvalue weighted by Crippen LogP contribution is -2.44. The van der Waals surface area contributed by atoms with Gasteiger partial charge in [0.15, 0.2) is 5.96 Å². The summed E-state index contributed by atoms with van der Waals surface area (Å²) in [6, 6.07) is 0.960. The average molecular weight is 536 g/mol. The molecule has 27 heavy (non-hydrogen) atoms. The fraction of sp³-hybridized carbons (Fsp3) is 0.941. The van der Waals surface area contributed by atoms with Crippen molar-refractivity contribution in [2.75, 3.05) is 56.5 Å². The zero-order valence-corrected chi connectivity index (χ0v) is 21.4. The van der Waals surface area contributed by atoms with Crippen molar-refractivity contribution in [3.05, 3.63) is 0 Å². The van der Waals surface area contributed by atoms with E-state index in [9.17, 15) is 8.42 Å². The highest BCUT2D eigenvalue weighted by atomic mass is 127. The van der Waals surface area contributed by atoms with Gasteiger partial charge in [-0.2, -0.15) is 11.8 Å². The molecule has 0 unspecified atom stereocenters. The standard InChI is InChI=1S/C17H37N5O2S2.HI/c1-6-18-17(19-7-9-22(15(2)3)16(4)5)20-8-14-26(23,24)21-10-12-25-13-11-21;/h15-16H,6-14H2,1-5H3,(H2,18,19,20);1H. The van der Waals surface area contributed by atoms with Crippen LogP contribution in [0.4, 0.5) is 0 Å². The lowest BCUT2D eigenvalue weighted by Gasteiger charge is -2.29. The van der Waals surface area contributed by atoms with Crippen LogP contribution in [-0.2, 0) is 10.0 Å². The summed E-state index contributed by atoms with van der Waals surface area (Å²) in [5, 5.41) is 6.35. The molecule has 0 aromatic rings. The van der Waals surface area contributed by atoms with E-state index in [2.05, 4.69) is 48.2 Å². The Hall–Kier alpha value is 0.220. The lowest BCUT2D eigenvalue weighted by molar-refractivity contribution is 0.181. The zero-order chi connectivity index (χ0) is 19.6. The van der Waals surface area contributed by atoms with Gasteiger partial charge in [0.1, 0.15) is 0 Å². The molecule has 1 heterocycles. The Bertz CT molecular complexity index is 515. The maximum atomic E-state index is 12.4. The number of hydrogen-bond acceptors (Lipinski definition) is 5. The van der Waals surface area contributed by atoms with Gasteiger partial charge in [0.25, 0.3) is 0 Å². The summed E-state index contributed by atoms with van der Waals surface area (Å²) in [7, 11) is -3.18. The average Bonchev–Trinajstić information content (AvgIpc) is 2.58. The predicted molar refractivity (Wildman–Crippen MR) is 129 cm³/mol. The molecule has 7 nitrogen and oxygen atoms in total. The third-order valence-corrected chi connectivity index (χ3v) is 7.13. The van der Waals surface area contributed by atoms with E-state index in [-0.39, 0.29) is 29.7 Å². The molecule has 0 atom stereocenters. The smallest absolute Gasteiger partial charge is 0.215 e. The Balaban J connectivity index is 0.00000676. The van der Waals surface area contributed by atoms with E-state index >= 15 is 0 Å². The van der Waals surface area contributed by atoms with Crippen molar-refractivity contribution < 1.29 is 8.42 Å². The van der Waals surface area contributed by atoms with E-state index in [1.165, 1.54) is 0 Å². The summed E-state index contributed by atoms with van der Waals surface area (Å²) in [5.41, 5.74) is 0.